The highest BCUT2D eigenvalue weighted by Gasteiger charge is 2.61. The molecule has 1 aromatic carbocycles. The van der Waals surface area contributed by atoms with E-state index in [0.717, 1.165) is 44.2 Å². The lowest BCUT2D eigenvalue weighted by Gasteiger charge is -2.25. The number of hydrogen-bond acceptors (Lipinski definition) is 9. The summed E-state index contributed by atoms with van der Waals surface area (Å²) >= 11 is 1.45. The van der Waals surface area contributed by atoms with Crippen molar-refractivity contribution in [2.75, 3.05) is 20.7 Å². The Balaban J connectivity index is 1.33. The number of allylic oxidation sites excluding steroid dienone is 1. The molecule has 49 heavy (non-hydrogen) atoms. The van der Waals surface area contributed by atoms with E-state index >= 15 is 0 Å². The second-order valence-corrected chi connectivity index (χ2v) is 14.9. The Labute approximate surface area is 290 Å². The summed E-state index contributed by atoms with van der Waals surface area (Å²) < 4.78 is 12.0. The van der Waals surface area contributed by atoms with Crippen LogP contribution in [-0.2, 0) is 14.4 Å². The average Bonchev–Trinajstić information content (AvgIpc) is 3.38. The molecule has 3 aromatic rings. The molecule has 2 fully saturated rings. The molecule has 12 heteroatoms. The highest BCUT2D eigenvalue weighted by atomic mass is 32.1. The number of thiazole rings is 1. The summed E-state index contributed by atoms with van der Waals surface area (Å²) in [5.41, 5.74) is 0.373. The van der Waals surface area contributed by atoms with Crippen LogP contribution in [0.4, 0.5) is 0 Å². The molecule has 1 aliphatic heterocycles. The van der Waals surface area contributed by atoms with Gasteiger partial charge >= 0.3 is 5.97 Å². The van der Waals surface area contributed by atoms with Crippen molar-refractivity contribution < 1.29 is 34.1 Å². The van der Waals surface area contributed by atoms with Crippen LogP contribution in [0.1, 0.15) is 83.2 Å². The fraction of sp³-hybridized carbons (Fsp3) is 0.541. The molecule has 0 spiro atoms. The highest BCUT2D eigenvalue weighted by molar-refractivity contribution is 7.13. The number of benzene rings is 1. The molecule has 3 heterocycles. The molecule has 2 saturated carbocycles. The van der Waals surface area contributed by atoms with E-state index in [2.05, 4.69) is 19.2 Å². The number of aromatic hydroxyl groups is 1. The van der Waals surface area contributed by atoms with Crippen molar-refractivity contribution in [1.82, 2.24) is 20.2 Å². The second kappa shape index (κ2) is 14.3. The van der Waals surface area contributed by atoms with Gasteiger partial charge in [0.25, 0.3) is 0 Å². The van der Waals surface area contributed by atoms with E-state index in [0.29, 0.717) is 34.8 Å². The zero-order valence-electron chi connectivity index (χ0n) is 28.6. The molecule has 6 rings (SSSR count). The summed E-state index contributed by atoms with van der Waals surface area (Å²) in [4.78, 5) is 51.6. The number of aliphatic carboxylic acids is 1. The number of phenolic OH excluding ortho intramolecular Hbond substituents is 1. The molecular weight excluding hydrogens is 644 g/mol. The summed E-state index contributed by atoms with van der Waals surface area (Å²) in [5, 5.41) is 27.4. The second-order valence-electron chi connectivity index (χ2n) is 14.0. The molecular formula is C37H46N4O7S. The van der Waals surface area contributed by atoms with Gasteiger partial charge in [0.2, 0.25) is 11.8 Å². The maximum Gasteiger partial charge on any atom is 0.330 e. The summed E-state index contributed by atoms with van der Waals surface area (Å²) in [5.74, 6) is -2.58. The standard InChI is InChI=1S/C37H46N4O7S/c1-21(2)28-20-49-34(39-28)27-18-30(24-13-14-29(47-4)32(42)31(24)38-27)48-23-16-25-26(17-23)35(44)41(3)15-11-9-7-5-6-8-10-12-22-19-37(22,36(45)46)40-33(25)43/h10,12-14,18,20-23,25-26,42H,5-9,11,15-17,19H2,1-4H3,(H,40,43)(H,45,46)/b12-10-/t22?,23?,25-,26?,37-/m1/s1. The number of fused-ring (bicyclic) bond motifs is 3. The minimum atomic E-state index is -1.37. The third kappa shape index (κ3) is 7.11. The van der Waals surface area contributed by atoms with Crippen LogP contribution in [-0.4, -0.2) is 75.2 Å². The van der Waals surface area contributed by atoms with E-state index in [9.17, 15) is 24.6 Å². The number of aromatic nitrogens is 2. The van der Waals surface area contributed by atoms with E-state index < -0.39 is 35.4 Å². The topological polar surface area (TPSA) is 151 Å². The molecule has 2 aromatic heterocycles. The lowest BCUT2D eigenvalue weighted by Crippen LogP contribution is -2.49. The summed E-state index contributed by atoms with van der Waals surface area (Å²) in [6.07, 6.45) is 10.2. The Bertz CT molecular complexity index is 1760. The monoisotopic (exact) mass is 690 g/mol. The van der Waals surface area contributed by atoms with Crippen LogP contribution in [0, 0.1) is 17.8 Å². The molecule has 0 bridgehead atoms. The number of hydrogen-bond donors (Lipinski definition) is 3. The van der Waals surface area contributed by atoms with E-state index in [1.54, 1.807) is 30.1 Å². The zero-order chi connectivity index (χ0) is 34.9. The first-order valence-corrected chi connectivity index (χ1v) is 18.2. The van der Waals surface area contributed by atoms with Gasteiger partial charge in [-0.25, -0.2) is 14.8 Å². The highest BCUT2D eigenvalue weighted by Crippen LogP contribution is 2.47. The average molecular weight is 691 g/mol. The molecule has 3 N–H and O–H groups in total. The lowest BCUT2D eigenvalue weighted by atomic mass is 9.93. The Morgan fingerprint density at radius 1 is 1.08 bits per heavy atom. The van der Waals surface area contributed by atoms with Crippen LogP contribution in [0.15, 0.2) is 35.7 Å². The van der Waals surface area contributed by atoms with Crippen LogP contribution < -0.4 is 14.8 Å². The predicted molar refractivity (Wildman–Crippen MR) is 187 cm³/mol. The van der Waals surface area contributed by atoms with Crippen molar-refractivity contribution in [2.45, 2.75) is 89.2 Å². The number of pyridine rings is 1. The number of phenols is 1. The zero-order valence-corrected chi connectivity index (χ0v) is 29.4. The van der Waals surface area contributed by atoms with Gasteiger partial charge in [0.1, 0.15) is 33.6 Å². The van der Waals surface area contributed by atoms with Gasteiger partial charge in [-0.3, -0.25) is 9.59 Å². The first kappa shape index (κ1) is 34.7. The van der Waals surface area contributed by atoms with Crippen molar-refractivity contribution in [3.05, 3.63) is 41.4 Å². The largest absolute Gasteiger partial charge is 0.503 e. The molecule has 0 saturated heterocycles. The number of carboxylic acids is 1. The molecule has 11 nitrogen and oxygen atoms in total. The van der Waals surface area contributed by atoms with Crippen molar-refractivity contribution in [3.63, 3.8) is 0 Å². The first-order valence-electron chi connectivity index (χ1n) is 17.3. The SMILES string of the molecule is COc1ccc2c(OC3CC4C(=O)N(C)CCCCCCC/C=C\C5C[C@@]5(C(=O)O)NC(=O)[C@@H]4C3)cc(-c3nc(C(C)C)cs3)nc2c1O. The maximum atomic E-state index is 14.0. The number of ether oxygens (including phenoxy) is 2. The number of carbonyl (C=O) groups excluding carboxylic acids is 2. The van der Waals surface area contributed by atoms with Crippen LogP contribution in [0.3, 0.4) is 0 Å². The molecule has 0 radical (unpaired) electrons. The minimum absolute atomic E-state index is 0.127. The molecule has 2 amide bonds. The Morgan fingerprint density at radius 3 is 2.57 bits per heavy atom. The van der Waals surface area contributed by atoms with Crippen molar-refractivity contribution >= 4 is 40.0 Å². The number of nitrogens with one attached hydrogen (secondary N) is 1. The Hall–Kier alpha value is -4.19. The fourth-order valence-electron chi connectivity index (χ4n) is 7.17. The van der Waals surface area contributed by atoms with Gasteiger partial charge < -0.3 is 29.9 Å². The van der Waals surface area contributed by atoms with Gasteiger partial charge in [-0.1, -0.05) is 45.3 Å². The minimum Gasteiger partial charge on any atom is -0.503 e. The smallest absolute Gasteiger partial charge is 0.330 e. The third-order valence-electron chi connectivity index (χ3n) is 10.3. The number of methoxy groups -OCH3 is 1. The van der Waals surface area contributed by atoms with Gasteiger partial charge in [-0.2, -0.15) is 0 Å². The van der Waals surface area contributed by atoms with Gasteiger partial charge in [0, 0.05) is 36.3 Å². The van der Waals surface area contributed by atoms with Crippen LogP contribution in [0.5, 0.6) is 17.2 Å². The van der Waals surface area contributed by atoms with Gasteiger partial charge in [0.15, 0.2) is 11.5 Å². The summed E-state index contributed by atoms with van der Waals surface area (Å²) in [6.45, 7) is 4.72. The van der Waals surface area contributed by atoms with Crippen molar-refractivity contribution in [1.29, 1.82) is 0 Å². The molecule has 3 unspecified atom stereocenters. The maximum absolute atomic E-state index is 14.0. The van der Waals surface area contributed by atoms with Crippen LogP contribution in [0.25, 0.3) is 21.6 Å². The molecule has 3 aliphatic rings. The quantitative estimate of drug-likeness (QED) is 0.253. The van der Waals surface area contributed by atoms with Gasteiger partial charge in [-0.05, 0) is 56.6 Å². The van der Waals surface area contributed by atoms with E-state index in [-0.39, 0.29) is 47.6 Å². The van der Waals surface area contributed by atoms with Crippen molar-refractivity contribution in [2.24, 2.45) is 17.8 Å². The molecule has 262 valence electrons. The fourth-order valence-corrected chi connectivity index (χ4v) is 8.11. The number of rotatable bonds is 6. The molecule has 5 atom stereocenters. The first-order chi connectivity index (χ1) is 23.5. The predicted octanol–water partition coefficient (Wildman–Crippen LogP) is 6.30. The van der Waals surface area contributed by atoms with E-state index in [1.807, 2.05) is 17.5 Å². The van der Waals surface area contributed by atoms with E-state index in [4.69, 9.17) is 19.4 Å². The Kier molecular flexibility index (Phi) is 10.1. The van der Waals surface area contributed by atoms with Gasteiger partial charge in [-0.15, -0.1) is 11.3 Å². The van der Waals surface area contributed by atoms with Crippen LogP contribution >= 0.6 is 11.3 Å². The normalized spacial score (nSPS) is 27.2. The number of carboxylic acid groups (broad SMARTS) is 1. The summed E-state index contributed by atoms with van der Waals surface area (Å²) in [6, 6.07) is 5.20. The number of amides is 2. The Morgan fingerprint density at radius 2 is 1.84 bits per heavy atom. The number of carbonyl (C=O) groups is 3. The van der Waals surface area contributed by atoms with E-state index in [1.165, 1.54) is 18.4 Å². The number of nitrogens with zero attached hydrogens (tertiary/aromatic N) is 3. The third-order valence-corrected chi connectivity index (χ3v) is 11.1. The lowest BCUT2D eigenvalue weighted by molar-refractivity contribution is -0.145. The molecule has 2 aliphatic carbocycles. The summed E-state index contributed by atoms with van der Waals surface area (Å²) in [7, 11) is 3.25. The van der Waals surface area contributed by atoms with Crippen LogP contribution in [0.2, 0.25) is 0 Å². The van der Waals surface area contributed by atoms with Crippen molar-refractivity contribution in [3.8, 4) is 28.0 Å². The van der Waals surface area contributed by atoms with Gasteiger partial charge in [0.05, 0.1) is 24.6 Å².